The fourth-order valence-corrected chi connectivity index (χ4v) is 12.5. The molecule has 2 aliphatic heterocycles. The number of hydrogen-bond acceptors (Lipinski definition) is 3. The van der Waals surface area contributed by atoms with Gasteiger partial charge in [0, 0.05) is 38.9 Å². The lowest BCUT2D eigenvalue weighted by Gasteiger charge is -2.38. The van der Waals surface area contributed by atoms with Crippen LogP contribution >= 0.6 is 6.04 Å². The van der Waals surface area contributed by atoms with Crippen LogP contribution in [0.1, 0.15) is 0 Å². The minimum absolute atomic E-state index is 0.773. The third-order valence-corrected chi connectivity index (χ3v) is 14.9. The Morgan fingerprint density at radius 2 is 0.957 bits per heavy atom. The Kier molecular flexibility index (Phi) is 4.99. The van der Waals surface area contributed by atoms with Gasteiger partial charge in [0.2, 0.25) is 0 Å². The highest BCUT2D eigenvalue weighted by Gasteiger charge is 2.43. The molecule has 5 heteroatoms. The second-order valence-corrected chi connectivity index (χ2v) is 16.6. The van der Waals surface area contributed by atoms with Gasteiger partial charge in [-0.1, -0.05) is 115 Å². The van der Waals surface area contributed by atoms with Gasteiger partial charge in [-0.2, -0.15) is 0 Å². The first-order chi connectivity index (χ1) is 23.2. The predicted molar refractivity (Wildman–Crippen MR) is 200 cm³/mol. The van der Waals surface area contributed by atoms with Crippen molar-refractivity contribution in [2.45, 2.75) is 0 Å². The number of benzene rings is 8. The van der Waals surface area contributed by atoms with Gasteiger partial charge in [-0.25, -0.2) is 0 Å². The number of rotatable bonds is 1. The highest BCUT2D eigenvalue weighted by Crippen LogP contribution is 2.60. The van der Waals surface area contributed by atoms with Crippen LogP contribution < -0.4 is 25.4 Å². The van der Waals surface area contributed by atoms with Crippen LogP contribution in [0.3, 0.4) is 0 Å². The average Bonchev–Trinajstić information content (AvgIpc) is 3.46. The highest BCUT2D eigenvalue weighted by molar-refractivity contribution is 8.26. The van der Waals surface area contributed by atoms with Crippen molar-refractivity contribution in [3.05, 3.63) is 146 Å². The monoisotopic (exact) mass is 637 g/mol. The lowest BCUT2D eigenvalue weighted by atomic mass is 9.94. The van der Waals surface area contributed by atoms with E-state index >= 15 is 0 Å². The molecule has 0 bridgehead atoms. The third-order valence-electron chi connectivity index (χ3n) is 9.99. The topological polar surface area (TPSA) is 23.4 Å². The molecular formula is C42H24NO2PS. The second-order valence-electron chi connectivity index (χ2n) is 12.4. The third kappa shape index (κ3) is 3.24. The molecule has 9 aromatic rings. The fraction of sp³-hybridized carbons (Fsp3) is 0. The molecule has 0 radical (unpaired) electrons. The summed E-state index contributed by atoms with van der Waals surface area (Å²) in [5.74, 6) is 3.23. The molecular weight excluding hydrogens is 614 g/mol. The molecule has 0 saturated heterocycles. The number of para-hydroxylation sites is 3. The minimum Gasteiger partial charge on any atom is -0.456 e. The van der Waals surface area contributed by atoms with Crippen molar-refractivity contribution < 1.29 is 9.47 Å². The Hall–Kier alpha value is -5.41. The van der Waals surface area contributed by atoms with Crippen LogP contribution in [0.15, 0.2) is 146 Å². The van der Waals surface area contributed by atoms with Crippen LogP contribution in [-0.4, -0.2) is 4.57 Å². The summed E-state index contributed by atoms with van der Waals surface area (Å²) in [6.45, 7) is 0. The minimum atomic E-state index is -2.58. The molecule has 11 rings (SSSR count). The van der Waals surface area contributed by atoms with Crippen molar-refractivity contribution in [3.8, 4) is 28.7 Å². The average molecular weight is 638 g/mol. The van der Waals surface area contributed by atoms with E-state index in [1.807, 2.05) is 6.07 Å². The maximum atomic E-state index is 7.21. The standard InChI is InChI=1S/C42H24NO2PS/c47-46-38-20-10-9-19-35(38)44-36-23-25(43-33-17-7-5-14-29(33)30-15-6-8-18-34(30)43)24-37(42(36)46)45-41-39(46)22-21-32-28-13-2-1-11-26(28)27-12-3-4-16-31(27)40(32)41/h1-24H. The van der Waals surface area contributed by atoms with Gasteiger partial charge >= 0.3 is 0 Å². The number of ether oxygens (including phenoxy) is 2. The van der Waals surface area contributed by atoms with E-state index in [9.17, 15) is 0 Å². The number of hydrogen-bond donors (Lipinski definition) is 0. The van der Waals surface area contributed by atoms with E-state index in [0.29, 0.717) is 0 Å². The zero-order chi connectivity index (χ0) is 30.9. The number of aromatic nitrogens is 1. The first-order valence-electron chi connectivity index (χ1n) is 15.8. The first-order valence-corrected chi connectivity index (χ1v) is 18.6. The predicted octanol–water partition coefficient (Wildman–Crippen LogP) is 10.2. The van der Waals surface area contributed by atoms with Gasteiger partial charge in [0.1, 0.15) is 23.0 Å². The molecule has 3 heterocycles. The Morgan fingerprint density at radius 3 is 1.64 bits per heavy atom. The maximum absolute atomic E-state index is 7.21. The van der Waals surface area contributed by atoms with E-state index in [2.05, 4.69) is 144 Å². The highest BCUT2D eigenvalue weighted by atomic mass is 32.4. The fourth-order valence-electron chi connectivity index (χ4n) is 8.07. The summed E-state index contributed by atoms with van der Waals surface area (Å²) in [4.78, 5) is 0. The number of nitrogens with zero attached hydrogens (tertiary/aromatic N) is 1. The molecule has 0 saturated carbocycles. The van der Waals surface area contributed by atoms with Crippen LogP contribution in [0.25, 0.3) is 59.8 Å². The lowest BCUT2D eigenvalue weighted by molar-refractivity contribution is 0.469. The van der Waals surface area contributed by atoms with Crippen molar-refractivity contribution >= 4 is 87.9 Å². The molecule has 47 heavy (non-hydrogen) atoms. The summed E-state index contributed by atoms with van der Waals surface area (Å²) in [6.07, 6.45) is 0. The normalized spacial score (nSPS) is 16.2. The summed E-state index contributed by atoms with van der Waals surface area (Å²) in [5, 5.41) is 12.7. The summed E-state index contributed by atoms with van der Waals surface area (Å²) in [6, 6.07) is 49.1. The maximum Gasteiger partial charge on any atom is 0.145 e. The van der Waals surface area contributed by atoms with Crippen LogP contribution in [-0.2, 0) is 11.8 Å². The SMILES string of the molecule is S=P12c3ccccc3Oc3cc(-n4c5ccccc5c5ccccc54)cc(c31)Oc1c2ccc2c3ccccc3c3ccccc3c12. The van der Waals surface area contributed by atoms with Crippen molar-refractivity contribution in [1.82, 2.24) is 4.57 Å². The van der Waals surface area contributed by atoms with Gasteiger partial charge in [0.15, 0.2) is 0 Å². The molecule has 0 aliphatic carbocycles. The molecule has 3 nitrogen and oxygen atoms in total. The van der Waals surface area contributed by atoms with Crippen LogP contribution in [0.2, 0.25) is 0 Å². The summed E-state index contributed by atoms with van der Waals surface area (Å²) in [5.41, 5.74) is 3.25. The molecule has 8 aromatic carbocycles. The van der Waals surface area contributed by atoms with Gasteiger partial charge in [-0.05, 0) is 57.3 Å². The first kappa shape index (κ1) is 25.7. The van der Waals surface area contributed by atoms with Gasteiger partial charge in [0.05, 0.1) is 28.1 Å². The molecule has 0 N–H and O–H groups in total. The van der Waals surface area contributed by atoms with Gasteiger partial charge in [-0.3, -0.25) is 0 Å². The van der Waals surface area contributed by atoms with Gasteiger partial charge < -0.3 is 14.0 Å². The van der Waals surface area contributed by atoms with E-state index in [-0.39, 0.29) is 0 Å². The van der Waals surface area contributed by atoms with Crippen molar-refractivity contribution in [1.29, 1.82) is 0 Å². The molecule has 0 spiro atoms. The summed E-state index contributed by atoms with van der Waals surface area (Å²) < 4.78 is 16.3. The van der Waals surface area contributed by atoms with Crippen molar-refractivity contribution in [2.24, 2.45) is 0 Å². The quantitative estimate of drug-likeness (QED) is 0.132. The molecule has 220 valence electrons. The zero-order valence-corrected chi connectivity index (χ0v) is 26.7. The summed E-state index contributed by atoms with van der Waals surface area (Å²) in [7, 11) is 0. The molecule has 1 unspecified atom stereocenters. The smallest absolute Gasteiger partial charge is 0.145 e. The molecule has 0 fully saturated rings. The van der Waals surface area contributed by atoms with Crippen LogP contribution in [0, 0.1) is 0 Å². The van der Waals surface area contributed by atoms with Gasteiger partial charge in [0.25, 0.3) is 0 Å². The molecule has 0 amide bonds. The Bertz CT molecular complexity index is 2820. The Labute approximate surface area is 275 Å². The van der Waals surface area contributed by atoms with E-state index in [1.165, 1.54) is 37.7 Å². The summed E-state index contributed by atoms with van der Waals surface area (Å²) >= 11 is 6.98. The molecule has 1 aromatic heterocycles. The van der Waals surface area contributed by atoms with E-state index in [1.54, 1.807) is 0 Å². The van der Waals surface area contributed by atoms with E-state index < -0.39 is 6.04 Å². The van der Waals surface area contributed by atoms with Gasteiger partial charge in [-0.15, -0.1) is 0 Å². The van der Waals surface area contributed by atoms with E-state index in [4.69, 9.17) is 21.3 Å². The van der Waals surface area contributed by atoms with E-state index in [0.717, 1.165) is 61.0 Å². The lowest BCUT2D eigenvalue weighted by Crippen LogP contribution is -2.35. The molecule has 1 atom stereocenters. The molecule has 2 aliphatic rings. The second kappa shape index (κ2) is 9.11. The van der Waals surface area contributed by atoms with Crippen LogP contribution in [0.5, 0.6) is 23.0 Å². The largest absolute Gasteiger partial charge is 0.456 e. The Balaban J connectivity index is 1.29. The van der Waals surface area contributed by atoms with Crippen molar-refractivity contribution in [3.63, 3.8) is 0 Å². The zero-order valence-electron chi connectivity index (χ0n) is 25.0. The Morgan fingerprint density at radius 1 is 0.447 bits per heavy atom. The van der Waals surface area contributed by atoms with Crippen molar-refractivity contribution in [2.75, 3.05) is 0 Å². The van der Waals surface area contributed by atoms with Crippen LogP contribution in [0.4, 0.5) is 0 Å². The number of fused-ring (bicyclic) bond motifs is 14.